The van der Waals surface area contributed by atoms with Crippen molar-refractivity contribution in [2.75, 3.05) is 7.11 Å². The maximum atomic E-state index is 5.41. The van der Waals surface area contributed by atoms with Crippen molar-refractivity contribution in [1.82, 2.24) is 5.43 Å². The molecule has 0 fully saturated rings. The Balaban J connectivity index is 2.63. The standard InChI is InChI=1S/C5H10N4O/c1-10-4-2-3-5(6,7)9-8-4/h2-3,9H,6-7H2,1H3. The van der Waals surface area contributed by atoms with E-state index < -0.39 is 5.79 Å². The number of hydrogen-bond donors (Lipinski definition) is 3. The van der Waals surface area contributed by atoms with Crippen molar-refractivity contribution in [2.45, 2.75) is 5.79 Å². The van der Waals surface area contributed by atoms with Crippen molar-refractivity contribution < 1.29 is 4.74 Å². The molecule has 1 rings (SSSR count). The van der Waals surface area contributed by atoms with Crippen molar-refractivity contribution in [3.63, 3.8) is 0 Å². The topological polar surface area (TPSA) is 85.7 Å². The monoisotopic (exact) mass is 142 g/mol. The van der Waals surface area contributed by atoms with E-state index in [2.05, 4.69) is 10.5 Å². The van der Waals surface area contributed by atoms with E-state index >= 15 is 0 Å². The van der Waals surface area contributed by atoms with Gasteiger partial charge < -0.3 is 4.74 Å². The second-order valence-electron chi connectivity index (χ2n) is 2.03. The van der Waals surface area contributed by atoms with E-state index in [1.165, 1.54) is 7.11 Å². The van der Waals surface area contributed by atoms with Crippen LogP contribution in [-0.2, 0) is 4.74 Å². The highest BCUT2D eigenvalue weighted by Gasteiger charge is 2.16. The zero-order valence-electron chi connectivity index (χ0n) is 5.66. The van der Waals surface area contributed by atoms with Gasteiger partial charge in [0.05, 0.1) is 7.11 Å². The summed E-state index contributed by atoms with van der Waals surface area (Å²) >= 11 is 0. The Kier molecular flexibility index (Phi) is 1.60. The highest BCUT2D eigenvalue weighted by Crippen LogP contribution is 1.96. The predicted molar refractivity (Wildman–Crippen MR) is 37.8 cm³/mol. The number of nitrogens with one attached hydrogen (secondary N) is 1. The van der Waals surface area contributed by atoms with Gasteiger partial charge in [-0.05, 0) is 6.08 Å². The van der Waals surface area contributed by atoms with Crippen molar-refractivity contribution >= 4 is 5.90 Å². The first-order valence-corrected chi connectivity index (χ1v) is 2.80. The molecule has 0 saturated heterocycles. The minimum Gasteiger partial charge on any atom is -0.480 e. The van der Waals surface area contributed by atoms with Gasteiger partial charge in [0.2, 0.25) is 5.90 Å². The molecule has 5 nitrogen and oxygen atoms in total. The van der Waals surface area contributed by atoms with Crippen LogP contribution in [0.3, 0.4) is 0 Å². The van der Waals surface area contributed by atoms with Crippen LogP contribution in [0.4, 0.5) is 0 Å². The Bertz CT molecular complexity index is 184. The van der Waals surface area contributed by atoms with Crippen LogP contribution < -0.4 is 16.9 Å². The van der Waals surface area contributed by atoms with Crippen molar-refractivity contribution in [1.29, 1.82) is 0 Å². The molecule has 10 heavy (non-hydrogen) atoms. The molecule has 1 aliphatic heterocycles. The number of hydrogen-bond acceptors (Lipinski definition) is 5. The normalized spacial score (nSPS) is 21.3. The van der Waals surface area contributed by atoms with Gasteiger partial charge in [0.25, 0.3) is 0 Å². The smallest absolute Gasteiger partial charge is 0.230 e. The minimum absolute atomic E-state index is 0.464. The number of nitrogens with zero attached hydrogens (tertiary/aromatic N) is 1. The summed E-state index contributed by atoms with van der Waals surface area (Å²) in [4.78, 5) is 0. The summed E-state index contributed by atoms with van der Waals surface area (Å²) in [5.41, 5.74) is 13.3. The van der Waals surface area contributed by atoms with Gasteiger partial charge in [-0.3, -0.25) is 16.9 Å². The zero-order valence-corrected chi connectivity index (χ0v) is 5.66. The maximum Gasteiger partial charge on any atom is 0.230 e. The van der Waals surface area contributed by atoms with E-state index in [0.717, 1.165) is 0 Å². The first kappa shape index (κ1) is 7.04. The number of methoxy groups -OCH3 is 1. The lowest BCUT2D eigenvalue weighted by Gasteiger charge is -2.22. The third kappa shape index (κ3) is 1.46. The molecule has 0 aromatic carbocycles. The molecule has 56 valence electrons. The average Bonchev–Trinajstić information content (AvgIpc) is 1.88. The molecule has 0 amide bonds. The van der Waals surface area contributed by atoms with Gasteiger partial charge in [-0.15, -0.1) is 5.10 Å². The fourth-order valence-corrected chi connectivity index (χ4v) is 0.549. The largest absolute Gasteiger partial charge is 0.480 e. The lowest BCUT2D eigenvalue weighted by atomic mass is 10.3. The lowest BCUT2D eigenvalue weighted by molar-refractivity contribution is 0.373. The summed E-state index contributed by atoms with van der Waals surface area (Å²) in [6.07, 6.45) is 3.18. The molecular weight excluding hydrogens is 132 g/mol. The zero-order chi connectivity index (χ0) is 7.61. The highest BCUT2D eigenvalue weighted by molar-refractivity contribution is 5.88. The van der Waals surface area contributed by atoms with Crippen molar-refractivity contribution in [2.24, 2.45) is 16.6 Å². The maximum absolute atomic E-state index is 5.41. The third-order valence-corrected chi connectivity index (χ3v) is 1.07. The molecule has 0 aromatic rings. The van der Waals surface area contributed by atoms with E-state index in [1.807, 2.05) is 0 Å². The molecule has 1 heterocycles. The molecule has 0 atom stereocenters. The number of nitrogens with two attached hydrogens (primary N) is 2. The quantitative estimate of drug-likeness (QED) is 0.366. The van der Waals surface area contributed by atoms with Crippen LogP contribution in [0.25, 0.3) is 0 Å². The molecule has 0 unspecified atom stereocenters. The number of rotatable bonds is 0. The second kappa shape index (κ2) is 2.28. The fraction of sp³-hybridized carbons (Fsp3) is 0.400. The summed E-state index contributed by atoms with van der Waals surface area (Å²) < 4.78 is 4.77. The van der Waals surface area contributed by atoms with E-state index in [9.17, 15) is 0 Å². The van der Waals surface area contributed by atoms with Crippen LogP contribution in [0, 0.1) is 0 Å². The van der Waals surface area contributed by atoms with E-state index in [-0.39, 0.29) is 0 Å². The molecule has 0 radical (unpaired) electrons. The Hall–Kier alpha value is -1.07. The first-order chi connectivity index (χ1) is 4.64. The molecule has 5 N–H and O–H groups in total. The SMILES string of the molecule is COC1=NNC(N)(N)C=C1. The van der Waals surface area contributed by atoms with E-state index in [0.29, 0.717) is 5.90 Å². The fourth-order valence-electron chi connectivity index (χ4n) is 0.549. The van der Waals surface area contributed by atoms with E-state index in [4.69, 9.17) is 16.2 Å². The van der Waals surface area contributed by atoms with Crippen LogP contribution >= 0.6 is 0 Å². The van der Waals surface area contributed by atoms with Crippen LogP contribution in [-0.4, -0.2) is 18.8 Å². The van der Waals surface area contributed by atoms with Crippen LogP contribution in [0.5, 0.6) is 0 Å². The first-order valence-electron chi connectivity index (χ1n) is 2.80. The van der Waals surface area contributed by atoms with Crippen LogP contribution in [0.1, 0.15) is 0 Å². The van der Waals surface area contributed by atoms with Gasteiger partial charge >= 0.3 is 0 Å². The highest BCUT2D eigenvalue weighted by atomic mass is 16.5. The van der Waals surface area contributed by atoms with Gasteiger partial charge in [0, 0.05) is 6.08 Å². The number of hydrazone groups is 1. The molecule has 0 saturated carbocycles. The Morgan fingerprint density at radius 1 is 1.70 bits per heavy atom. The van der Waals surface area contributed by atoms with Crippen molar-refractivity contribution in [3.8, 4) is 0 Å². The third-order valence-electron chi connectivity index (χ3n) is 1.07. The molecule has 5 heteroatoms. The van der Waals surface area contributed by atoms with Gasteiger partial charge in [0.1, 0.15) is 0 Å². The van der Waals surface area contributed by atoms with Crippen LogP contribution in [0.2, 0.25) is 0 Å². The average molecular weight is 142 g/mol. The summed E-state index contributed by atoms with van der Waals surface area (Å²) in [5.74, 6) is -0.575. The van der Waals surface area contributed by atoms with Gasteiger partial charge in [-0.25, -0.2) is 0 Å². The Morgan fingerprint density at radius 2 is 2.40 bits per heavy atom. The van der Waals surface area contributed by atoms with E-state index in [1.54, 1.807) is 12.2 Å². The summed E-state index contributed by atoms with van der Waals surface area (Å²) in [5, 5.41) is 3.71. The Labute approximate surface area is 58.7 Å². The molecule has 0 aliphatic carbocycles. The van der Waals surface area contributed by atoms with Gasteiger partial charge in [-0.1, -0.05) is 0 Å². The lowest BCUT2D eigenvalue weighted by Crippen LogP contribution is -2.59. The van der Waals surface area contributed by atoms with Gasteiger partial charge in [-0.2, -0.15) is 0 Å². The molecular formula is C5H10N4O. The number of ether oxygens (including phenoxy) is 1. The van der Waals surface area contributed by atoms with Crippen molar-refractivity contribution in [3.05, 3.63) is 12.2 Å². The second-order valence-corrected chi connectivity index (χ2v) is 2.03. The summed E-state index contributed by atoms with van der Waals surface area (Å²) in [7, 11) is 1.52. The Morgan fingerprint density at radius 3 is 2.80 bits per heavy atom. The summed E-state index contributed by atoms with van der Waals surface area (Å²) in [6, 6.07) is 0. The summed E-state index contributed by atoms with van der Waals surface area (Å²) in [6.45, 7) is 0. The van der Waals surface area contributed by atoms with Crippen LogP contribution in [0.15, 0.2) is 17.3 Å². The van der Waals surface area contributed by atoms with Gasteiger partial charge in [0.15, 0.2) is 5.79 Å². The predicted octanol–water partition coefficient (Wildman–Crippen LogP) is -1.32. The minimum atomic E-state index is -1.04. The molecule has 0 spiro atoms. The molecule has 0 aromatic heterocycles. The molecule has 1 aliphatic rings. The molecule has 0 bridgehead atoms.